The summed E-state index contributed by atoms with van der Waals surface area (Å²) in [5, 5.41) is 17.3. The van der Waals surface area contributed by atoms with E-state index in [-0.39, 0.29) is 12.1 Å². The number of nitrogens with zero attached hydrogens (tertiary/aromatic N) is 1. The number of aliphatic hydroxyl groups excluding tert-OH is 1. The molecule has 0 saturated carbocycles. The molecule has 3 N–H and O–H groups in total. The highest BCUT2D eigenvalue weighted by Crippen LogP contribution is 2.18. The van der Waals surface area contributed by atoms with Crippen molar-refractivity contribution in [2.24, 2.45) is 0 Å². The molecule has 108 valence electrons. The van der Waals surface area contributed by atoms with Crippen LogP contribution in [-0.2, 0) is 6.54 Å². The van der Waals surface area contributed by atoms with Crippen molar-refractivity contribution in [2.45, 2.75) is 32.0 Å². The van der Waals surface area contributed by atoms with Crippen molar-refractivity contribution in [3.8, 4) is 0 Å². The summed E-state index contributed by atoms with van der Waals surface area (Å²) in [6, 6.07) is 2.97. The zero-order chi connectivity index (χ0) is 14.4. The molecule has 2 atom stereocenters. The molecule has 2 amide bonds. The van der Waals surface area contributed by atoms with Gasteiger partial charge in [-0.15, -0.1) is 11.3 Å². The summed E-state index contributed by atoms with van der Waals surface area (Å²) >= 11 is 1.49. The van der Waals surface area contributed by atoms with E-state index in [2.05, 4.69) is 15.6 Å². The third-order valence-corrected chi connectivity index (χ3v) is 3.37. The van der Waals surface area contributed by atoms with Crippen molar-refractivity contribution in [3.63, 3.8) is 0 Å². The number of carbonyl (C=O) groups excluding carboxylic acids is 1. The summed E-state index contributed by atoms with van der Waals surface area (Å²) in [6.45, 7) is 2.22. The SMILES string of the molecule is CC(CC(O)c1ccco1)NC(=O)NCc1cscn1. The maximum atomic E-state index is 11.7. The molecule has 20 heavy (non-hydrogen) atoms. The Kier molecular flexibility index (Phi) is 5.14. The fraction of sp³-hybridized carbons (Fsp3) is 0.385. The Morgan fingerprint density at radius 2 is 2.45 bits per heavy atom. The molecule has 0 bridgehead atoms. The van der Waals surface area contributed by atoms with E-state index in [1.54, 1.807) is 17.6 Å². The summed E-state index contributed by atoms with van der Waals surface area (Å²) in [5.74, 6) is 0.501. The predicted molar refractivity (Wildman–Crippen MR) is 75.2 cm³/mol. The fourth-order valence-corrected chi connectivity index (χ4v) is 2.32. The van der Waals surface area contributed by atoms with Gasteiger partial charge in [0, 0.05) is 17.8 Å². The highest BCUT2D eigenvalue weighted by molar-refractivity contribution is 7.07. The van der Waals surface area contributed by atoms with Gasteiger partial charge >= 0.3 is 6.03 Å². The van der Waals surface area contributed by atoms with Crippen molar-refractivity contribution >= 4 is 17.4 Å². The first-order chi connectivity index (χ1) is 9.65. The minimum atomic E-state index is -0.723. The Balaban J connectivity index is 1.70. The van der Waals surface area contributed by atoms with Crippen LogP contribution in [-0.4, -0.2) is 22.2 Å². The number of furan rings is 1. The summed E-state index contributed by atoms with van der Waals surface area (Å²) in [4.78, 5) is 15.7. The molecule has 2 unspecified atom stereocenters. The van der Waals surface area contributed by atoms with Crippen LogP contribution in [0.1, 0.15) is 30.9 Å². The highest BCUT2D eigenvalue weighted by atomic mass is 32.1. The fourth-order valence-electron chi connectivity index (χ4n) is 1.76. The second-order valence-electron chi connectivity index (χ2n) is 4.47. The zero-order valence-electron chi connectivity index (χ0n) is 11.1. The third kappa shape index (κ3) is 4.36. The lowest BCUT2D eigenvalue weighted by Gasteiger charge is -2.16. The van der Waals surface area contributed by atoms with Crippen LogP contribution < -0.4 is 10.6 Å². The molecule has 2 aromatic heterocycles. The van der Waals surface area contributed by atoms with Crippen LogP contribution in [0, 0.1) is 0 Å². The number of amides is 2. The maximum Gasteiger partial charge on any atom is 0.315 e. The van der Waals surface area contributed by atoms with E-state index in [9.17, 15) is 9.90 Å². The van der Waals surface area contributed by atoms with Gasteiger partial charge in [0.25, 0.3) is 0 Å². The van der Waals surface area contributed by atoms with Gasteiger partial charge in [0.15, 0.2) is 0 Å². The van der Waals surface area contributed by atoms with Gasteiger partial charge < -0.3 is 20.2 Å². The number of aromatic nitrogens is 1. The lowest BCUT2D eigenvalue weighted by molar-refractivity contribution is 0.129. The second kappa shape index (κ2) is 7.06. The van der Waals surface area contributed by atoms with Crippen LogP contribution in [0.15, 0.2) is 33.7 Å². The molecule has 7 heteroatoms. The van der Waals surface area contributed by atoms with Crippen LogP contribution in [0.4, 0.5) is 4.79 Å². The molecule has 0 aliphatic carbocycles. The summed E-state index contributed by atoms with van der Waals surface area (Å²) in [5.41, 5.74) is 2.55. The zero-order valence-corrected chi connectivity index (χ0v) is 11.9. The molecule has 0 aromatic carbocycles. The third-order valence-electron chi connectivity index (χ3n) is 2.74. The second-order valence-corrected chi connectivity index (χ2v) is 5.19. The van der Waals surface area contributed by atoms with E-state index in [0.29, 0.717) is 18.7 Å². The van der Waals surface area contributed by atoms with Crippen molar-refractivity contribution in [2.75, 3.05) is 0 Å². The van der Waals surface area contributed by atoms with Crippen molar-refractivity contribution in [3.05, 3.63) is 40.7 Å². The minimum absolute atomic E-state index is 0.175. The lowest BCUT2D eigenvalue weighted by atomic mass is 10.1. The van der Waals surface area contributed by atoms with E-state index < -0.39 is 6.10 Å². The smallest absolute Gasteiger partial charge is 0.315 e. The van der Waals surface area contributed by atoms with Crippen molar-refractivity contribution in [1.82, 2.24) is 15.6 Å². The molecular weight excluding hydrogens is 278 g/mol. The average molecular weight is 295 g/mol. The summed E-state index contributed by atoms with van der Waals surface area (Å²) in [7, 11) is 0. The molecule has 0 fully saturated rings. The van der Waals surface area contributed by atoms with E-state index in [1.165, 1.54) is 17.6 Å². The number of rotatable bonds is 6. The molecule has 2 rings (SSSR count). The topological polar surface area (TPSA) is 87.4 Å². The van der Waals surface area contributed by atoms with E-state index >= 15 is 0 Å². The number of thiazole rings is 1. The number of nitrogens with one attached hydrogen (secondary N) is 2. The molecule has 6 nitrogen and oxygen atoms in total. The van der Waals surface area contributed by atoms with Gasteiger partial charge in [0.05, 0.1) is 24.0 Å². The highest BCUT2D eigenvalue weighted by Gasteiger charge is 2.16. The largest absolute Gasteiger partial charge is 0.467 e. The quantitative estimate of drug-likeness (QED) is 0.761. The molecule has 0 aliphatic rings. The molecule has 0 aliphatic heterocycles. The Morgan fingerprint density at radius 1 is 1.60 bits per heavy atom. The van der Waals surface area contributed by atoms with Crippen LogP contribution in [0.3, 0.4) is 0 Å². The number of aliphatic hydroxyl groups is 1. The first-order valence-corrected chi connectivity index (χ1v) is 7.22. The Bertz CT molecular complexity index is 513. The summed E-state index contributed by atoms with van der Waals surface area (Å²) < 4.78 is 5.11. The number of hydrogen-bond donors (Lipinski definition) is 3. The molecular formula is C13H17N3O3S. The number of hydrogen-bond acceptors (Lipinski definition) is 5. The van der Waals surface area contributed by atoms with Gasteiger partial charge in [-0.1, -0.05) is 0 Å². The average Bonchev–Trinajstić information content (AvgIpc) is 3.09. The Labute approximate surface area is 120 Å². The first-order valence-electron chi connectivity index (χ1n) is 6.28. The van der Waals surface area contributed by atoms with Gasteiger partial charge in [0.1, 0.15) is 11.9 Å². The standard InChI is InChI=1S/C13H17N3O3S/c1-9(5-11(17)12-3-2-4-19-12)16-13(18)14-6-10-7-20-8-15-10/h2-4,7-9,11,17H,5-6H2,1H3,(H2,14,16,18). The van der Waals surface area contributed by atoms with Crippen LogP contribution >= 0.6 is 11.3 Å². The maximum absolute atomic E-state index is 11.7. The Morgan fingerprint density at radius 3 is 3.10 bits per heavy atom. The van der Waals surface area contributed by atoms with Crippen molar-refractivity contribution in [1.29, 1.82) is 0 Å². The van der Waals surface area contributed by atoms with Gasteiger partial charge in [-0.3, -0.25) is 0 Å². The molecule has 0 saturated heterocycles. The summed E-state index contributed by atoms with van der Waals surface area (Å²) in [6.07, 6.45) is 1.17. The van der Waals surface area contributed by atoms with Gasteiger partial charge in [0.2, 0.25) is 0 Å². The molecule has 0 spiro atoms. The Hall–Kier alpha value is -1.86. The monoisotopic (exact) mass is 295 g/mol. The molecule has 2 heterocycles. The lowest BCUT2D eigenvalue weighted by Crippen LogP contribution is -2.41. The van der Waals surface area contributed by atoms with Crippen LogP contribution in [0.25, 0.3) is 0 Å². The minimum Gasteiger partial charge on any atom is -0.467 e. The van der Waals surface area contributed by atoms with Gasteiger partial charge in [-0.25, -0.2) is 9.78 Å². The van der Waals surface area contributed by atoms with Crippen LogP contribution in [0.5, 0.6) is 0 Å². The normalized spacial score (nSPS) is 13.7. The predicted octanol–water partition coefficient (Wildman–Crippen LogP) is 2.05. The number of carbonyl (C=O) groups is 1. The van der Waals surface area contributed by atoms with E-state index in [1.807, 2.05) is 12.3 Å². The van der Waals surface area contributed by atoms with Crippen molar-refractivity contribution < 1.29 is 14.3 Å². The molecule has 2 aromatic rings. The molecule has 0 radical (unpaired) electrons. The van der Waals surface area contributed by atoms with Gasteiger partial charge in [-0.05, 0) is 19.1 Å². The number of urea groups is 1. The van der Waals surface area contributed by atoms with Crippen LogP contribution in [0.2, 0.25) is 0 Å². The van der Waals surface area contributed by atoms with Gasteiger partial charge in [-0.2, -0.15) is 0 Å². The first kappa shape index (κ1) is 14.5. The van der Waals surface area contributed by atoms with E-state index in [4.69, 9.17) is 4.42 Å². The van der Waals surface area contributed by atoms with E-state index in [0.717, 1.165) is 5.69 Å².